The van der Waals surface area contributed by atoms with Crippen molar-refractivity contribution in [2.75, 3.05) is 20.6 Å². The van der Waals surface area contributed by atoms with Crippen LogP contribution in [0.2, 0.25) is 0 Å². The molecular formula is C18H22BrNO2. The van der Waals surface area contributed by atoms with E-state index in [1.807, 2.05) is 79.7 Å². The Balaban J connectivity index is 0.00000242. The van der Waals surface area contributed by atoms with Crippen LogP contribution in [0, 0.1) is 0 Å². The van der Waals surface area contributed by atoms with E-state index in [0.29, 0.717) is 13.0 Å². The lowest BCUT2D eigenvalue weighted by atomic mass is 9.72. The maximum absolute atomic E-state index is 12.2. The van der Waals surface area contributed by atoms with Crippen molar-refractivity contribution in [1.29, 1.82) is 0 Å². The molecule has 0 atom stereocenters. The van der Waals surface area contributed by atoms with Crippen LogP contribution >= 0.6 is 17.0 Å². The van der Waals surface area contributed by atoms with Gasteiger partial charge in [-0.15, -0.1) is 17.0 Å². The highest BCUT2D eigenvalue weighted by atomic mass is 79.9. The minimum atomic E-state index is -1.01. The van der Waals surface area contributed by atoms with Crippen LogP contribution < -0.4 is 0 Å². The third kappa shape index (κ3) is 3.76. The lowest BCUT2D eigenvalue weighted by Gasteiger charge is -2.32. The van der Waals surface area contributed by atoms with Crippen molar-refractivity contribution >= 4 is 23.0 Å². The van der Waals surface area contributed by atoms with Gasteiger partial charge in [-0.25, -0.2) is 0 Å². The molecule has 0 fully saturated rings. The van der Waals surface area contributed by atoms with E-state index in [9.17, 15) is 9.90 Å². The van der Waals surface area contributed by atoms with E-state index in [4.69, 9.17) is 0 Å². The molecule has 0 aliphatic carbocycles. The molecule has 3 nitrogen and oxygen atoms in total. The van der Waals surface area contributed by atoms with Gasteiger partial charge >= 0.3 is 5.97 Å². The van der Waals surface area contributed by atoms with E-state index >= 15 is 0 Å². The predicted octanol–water partition coefficient (Wildman–Crippen LogP) is 3.59. The number of carboxylic acid groups (broad SMARTS) is 1. The average molecular weight is 364 g/mol. The van der Waals surface area contributed by atoms with Crippen LogP contribution in [0.4, 0.5) is 0 Å². The molecule has 22 heavy (non-hydrogen) atoms. The van der Waals surface area contributed by atoms with Crippen LogP contribution in [-0.2, 0) is 10.2 Å². The molecule has 2 aromatic rings. The van der Waals surface area contributed by atoms with Crippen LogP contribution in [0.15, 0.2) is 60.7 Å². The van der Waals surface area contributed by atoms with Crippen LogP contribution in [0.5, 0.6) is 0 Å². The molecule has 4 heteroatoms. The molecule has 0 saturated carbocycles. The Morgan fingerprint density at radius 2 is 1.36 bits per heavy atom. The zero-order valence-corrected chi connectivity index (χ0v) is 14.6. The number of halogens is 1. The second-order valence-corrected chi connectivity index (χ2v) is 5.50. The van der Waals surface area contributed by atoms with Crippen LogP contribution in [0.1, 0.15) is 17.5 Å². The first-order chi connectivity index (χ1) is 10.1. The van der Waals surface area contributed by atoms with Gasteiger partial charge in [-0.3, -0.25) is 4.79 Å². The Kier molecular flexibility index (Phi) is 6.78. The van der Waals surface area contributed by atoms with Gasteiger partial charge < -0.3 is 10.0 Å². The first kappa shape index (κ1) is 18.4. The van der Waals surface area contributed by atoms with Gasteiger partial charge in [0, 0.05) is 0 Å². The number of aliphatic carboxylic acids is 1. The number of carbonyl (C=O) groups is 1. The number of nitrogens with zero attached hydrogens (tertiary/aromatic N) is 1. The van der Waals surface area contributed by atoms with Gasteiger partial charge in [0.25, 0.3) is 0 Å². The van der Waals surface area contributed by atoms with Gasteiger partial charge in [-0.2, -0.15) is 0 Å². The Bertz CT molecular complexity index is 545. The van der Waals surface area contributed by atoms with Crippen molar-refractivity contribution < 1.29 is 9.90 Å². The molecule has 0 heterocycles. The first-order valence-corrected chi connectivity index (χ1v) is 7.06. The molecule has 118 valence electrons. The summed E-state index contributed by atoms with van der Waals surface area (Å²) >= 11 is 0. The van der Waals surface area contributed by atoms with E-state index in [1.54, 1.807) is 0 Å². The van der Waals surface area contributed by atoms with Gasteiger partial charge in [-0.05, 0) is 38.2 Å². The number of hydrogen-bond donors (Lipinski definition) is 1. The summed E-state index contributed by atoms with van der Waals surface area (Å²) in [7, 11) is 3.92. The highest BCUT2D eigenvalue weighted by molar-refractivity contribution is 8.93. The molecule has 2 aromatic carbocycles. The SMILES string of the molecule is Br.CN(C)CCC(C(=O)O)(c1ccccc1)c1ccccc1. The molecule has 0 spiro atoms. The first-order valence-electron chi connectivity index (χ1n) is 7.06. The molecule has 0 aromatic heterocycles. The second kappa shape index (κ2) is 8.11. The summed E-state index contributed by atoms with van der Waals surface area (Å²) in [5, 5.41) is 10.0. The van der Waals surface area contributed by atoms with Crippen LogP contribution in [0.25, 0.3) is 0 Å². The molecule has 0 unspecified atom stereocenters. The minimum Gasteiger partial charge on any atom is -0.480 e. The molecule has 2 rings (SSSR count). The number of benzene rings is 2. The summed E-state index contributed by atoms with van der Waals surface area (Å²) in [6.45, 7) is 0.704. The monoisotopic (exact) mass is 363 g/mol. The summed E-state index contributed by atoms with van der Waals surface area (Å²) in [5.41, 5.74) is 0.642. The van der Waals surface area contributed by atoms with Gasteiger partial charge in [0.15, 0.2) is 0 Å². The van der Waals surface area contributed by atoms with Crippen molar-refractivity contribution in [2.45, 2.75) is 11.8 Å². The van der Waals surface area contributed by atoms with Gasteiger partial charge in [-0.1, -0.05) is 60.7 Å². The van der Waals surface area contributed by atoms with Gasteiger partial charge in [0.05, 0.1) is 0 Å². The predicted molar refractivity (Wildman–Crippen MR) is 94.8 cm³/mol. The minimum absolute atomic E-state index is 0. The van der Waals surface area contributed by atoms with Crippen molar-refractivity contribution in [3.05, 3.63) is 71.8 Å². The lowest BCUT2D eigenvalue weighted by Crippen LogP contribution is -2.39. The van der Waals surface area contributed by atoms with Gasteiger partial charge in [0.1, 0.15) is 5.41 Å². The van der Waals surface area contributed by atoms with E-state index in [2.05, 4.69) is 0 Å². The number of rotatable bonds is 6. The average Bonchev–Trinajstić information content (AvgIpc) is 2.49. The largest absolute Gasteiger partial charge is 0.480 e. The van der Waals surface area contributed by atoms with Gasteiger partial charge in [0.2, 0.25) is 0 Å². The quantitative estimate of drug-likeness (QED) is 0.852. The Morgan fingerprint density at radius 1 is 0.955 bits per heavy atom. The Morgan fingerprint density at radius 3 is 1.68 bits per heavy atom. The molecule has 0 saturated heterocycles. The summed E-state index contributed by atoms with van der Waals surface area (Å²) < 4.78 is 0. The molecule has 0 aliphatic rings. The zero-order chi connectivity index (χ0) is 15.3. The summed E-state index contributed by atoms with van der Waals surface area (Å²) in [6.07, 6.45) is 0.531. The molecule has 0 bridgehead atoms. The number of hydrogen-bond acceptors (Lipinski definition) is 2. The van der Waals surface area contributed by atoms with Crippen LogP contribution in [0.3, 0.4) is 0 Å². The Hall–Kier alpha value is -1.65. The normalized spacial score (nSPS) is 11.0. The maximum atomic E-state index is 12.2. The fourth-order valence-electron chi connectivity index (χ4n) is 2.65. The van der Waals surface area contributed by atoms with E-state index in [0.717, 1.165) is 11.1 Å². The van der Waals surface area contributed by atoms with E-state index in [-0.39, 0.29) is 17.0 Å². The fraction of sp³-hybridized carbons (Fsp3) is 0.278. The lowest BCUT2D eigenvalue weighted by molar-refractivity contribution is -0.142. The third-order valence-electron chi connectivity index (χ3n) is 3.83. The van der Waals surface area contributed by atoms with Crippen molar-refractivity contribution in [3.63, 3.8) is 0 Å². The number of carboxylic acids is 1. The highest BCUT2D eigenvalue weighted by Gasteiger charge is 2.41. The molecule has 0 radical (unpaired) electrons. The summed E-state index contributed by atoms with van der Waals surface area (Å²) in [5.74, 6) is -0.804. The summed E-state index contributed by atoms with van der Waals surface area (Å²) in [4.78, 5) is 14.2. The van der Waals surface area contributed by atoms with E-state index in [1.165, 1.54) is 0 Å². The third-order valence-corrected chi connectivity index (χ3v) is 3.83. The van der Waals surface area contributed by atoms with E-state index < -0.39 is 11.4 Å². The topological polar surface area (TPSA) is 40.5 Å². The highest BCUT2D eigenvalue weighted by Crippen LogP contribution is 2.36. The molecule has 0 aliphatic heterocycles. The molecular weight excluding hydrogens is 342 g/mol. The second-order valence-electron chi connectivity index (χ2n) is 5.50. The fourth-order valence-corrected chi connectivity index (χ4v) is 2.65. The molecule has 0 amide bonds. The Labute approximate surface area is 142 Å². The molecule has 1 N–H and O–H groups in total. The zero-order valence-electron chi connectivity index (χ0n) is 12.9. The van der Waals surface area contributed by atoms with Crippen molar-refractivity contribution in [2.24, 2.45) is 0 Å². The smallest absolute Gasteiger partial charge is 0.318 e. The standard InChI is InChI=1S/C18H21NO2.BrH/c1-19(2)14-13-18(17(20)21,15-9-5-3-6-10-15)16-11-7-4-8-12-16;/h3-12H,13-14H2,1-2H3,(H,20,21);1H. The maximum Gasteiger partial charge on any atom is 0.318 e. The van der Waals surface area contributed by atoms with Crippen molar-refractivity contribution in [3.8, 4) is 0 Å². The van der Waals surface area contributed by atoms with Crippen LogP contribution in [-0.4, -0.2) is 36.6 Å². The summed E-state index contributed by atoms with van der Waals surface area (Å²) in [6, 6.07) is 19.0. The van der Waals surface area contributed by atoms with Crippen molar-refractivity contribution in [1.82, 2.24) is 4.90 Å².